The Labute approximate surface area is 71.5 Å². The number of aromatic hydroxyl groups is 1. The Morgan fingerprint density at radius 1 is 1.25 bits per heavy atom. The van der Waals surface area contributed by atoms with Gasteiger partial charge in [0, 0.05) is 0 Å². The summed E-state index contributed by atoms with van der Waals surface area (Å²) in [6.07, 6.45) is 2.23. The second kappa shape index (κ2) is 2.79. The van der Waals surface area contributed by atoms with E-state index in [1.807, 2.05) is 6.07 Å². The highest BCUT2D eigenvalue weighted by atomic mass is 16.3. The normalized spacial score (nSPS) is 21.9. The molecule has 0 radical (unpaired) electrons. The van der Waals surface area contributed by atoms with Crippen molar-refractivity contribution < 1.29 is 10.2 Å². The van der Waals surface area contributed by atoms with Crippen LogP contribution in [-0.4, -0.2) is 16.3 Å². The molecule has 0 spiro atoms. The number of aliphatic hydroxyl groups excluding tert-OH is 1. The topological polar surface area (TPSA) is 40.5 Å². The molecule has 0 aliphatic heterocycles. The minimum atomic E-state index is -0.223. The van der Waals surface area contributed by atoms with Gasteiger partial charge >= 0.3 is 0 Å². The molecular weight excluding hydrogens is 152 g/mol. The molecule has 2 rings (SSSR count). The highest BCUT2D eigenvalue weighted by Gasteiger charge is 2.15. The SMILES string of the molecule is Oc1ccc2c(c1)C[C@H](O)CC2. The van der Waals surface area contributed by atoms with Crippen molar-refractivity contribution in [3.8, 4) is 5.75 Å². The zero-order valence-corrected chi connectivity index (χ0v) is 6.83. The molecule has 0 saturated heterocycles. The van der Waals surface area contributed by atoms with E-state index in [2.05, 4.69) is 0 Å². The van der Waals surface area contributed by atoms with Gasteiger partial charge in [0.25, 0.3) is 0 Å². The summed E-state index contributed by atoms with van der Waals surface area (Å²) in [5, 5.41) is 18.6. The Hall–Kier alpha value is -1.02. The number of hydrogen-bond acceptors (Lipinski definition) is 2. The van der Waals surface area contributed by atoms with Crippen molar-refractivity contribution in [1.82, 2.24) is 0 Å². The molecule has 0 amide bonds. The molecular formula is C10H12O2. The molecule has 0 aromatic heterocycles. The van der Waals surface area contributed by atoms with Crippen molar-refractivity contribution in [2.45, 2.75) is 25.4 Å². The number of fused-ring (bicyclic) bond motifs is 1. The van der Waals surface area contributed by atoms with Gasteiger partial charge in [-0.2, -0.15) is 0 Å². The largest absolute Gasteiger partial charge is 0.508 e. The van der Waals surface area contributed by atoms with Crippen LogP contribution in [0.4, 0.5) is 0 Å². The molecule has 1 aromatic rings. The lowest BCUT2D eigenvalue weighted by molar-refractivity contribution is 0.158. The minimum absolute atomic E-state index is 0.223. The average Bonchev–Trinajstić information content (AvgIpc) is 2.03. The van der Waals surface area contributed by atoms with Crippen LogP contribution in [0.5, 0.6) is 5.75 Å². The van der Waals surface area contributed by atoms with Gasteiger partial charge in [0.2, 0.25) is 0 Å². The van der Waals surface area contributed by atoms with Gasteiger partial charge in [-0.05, 0) is 42.5 Å². The fraction of sp³-hybridized carbons (Fsp3) is 0.400. The molecule has 0 fully saturated rings. The second-order valence-corrected chi connectivity index (χ2v) is 3.35. The summed E-state index contributed by atoms with van der Waals surface area (Å²) in [5.74, 6) is 0.294. The number of aryl methyl sites for hydroxylation is 1. The van der Waals surface area contributed by atoms with Crippen LogP contribution in [0.2, 0.25) is 0 Å². The molecule has 0 bridgehead atoms. The molecule has 1 aliphatic carbocycles. The van der Waals surface area contributed by atoms with Crippen molar-refractivity contribution in [1.29, 1.82) is 0 Å². The van der Waals surface area contributed by atoms with E-state index in [9.17, 15) is 10.2 Å². The van der Waals surface area contributed by atoms with Gasteiger partial charge in [-0.15, -0.1) is 0 Å². The van der Waals surface area contributed by atoms with Crippen molar-refractivity contribution in [2.24, 2.45) is 0 Å². The van der Waals surface area contributed by atoms with Gasteiger partial charge < -0.3 is 10.2 Å². The number of phenolic OH excluding ortho intramolecular Hbond substituents is 1. The van der Waals surface area contributed by atoms with Crippen molar-refractivity contribution in [2.75, 3.05) is 0 Å². The zero-order chi connectivity index (χ0) is 8.55. The van der Waals surface area contributed by atoms with Crippen LogP contribution in [0, 0.1) is 0 Å². The molecule has 2 nitrogen and oxygen atoms in total. The maximum atomic E-state index is 9.37. The highest BCUT2D eigenvalue weighted by Crippen LogP contribution is 2.24. The Morgan fingerprint density at radius 2 is 2.08 bits per heavy atom. The number of rotatable bonds is 0. The van der Waals surface area contributed by atoms with Crippen LogP contribution in [-0.2, 0) is 12.8 Å². The predicted octanol–water partition coefficient (Wildman–Crippen LogP) is 1.24. The molecule has 2 N–H and O–H groups in total. The maximum Gasteiger partial charge on any atom is 0.115 e. The molecule has 1 atom stereocenters. The number of benzene rings is 1. The Balaban J connectivity index is 2.37. The Morgan fingerprint density at radius 3 is 2.92 bits per heavy atom. The molecule has 1 aromatic carbocycles. The smallest absolute Gasteiger partial charge is 0.115 e. The molecule has 2 heteroatoms. The van der Waals surface area contributed by atoms with E-state index in [1.54, 1.807) is 12.1 Å². The van der Waals surface area contributed by atoms with Gasteiger partial charge in [-0.1, -0.05) is 6.07 Å². The summed E-state index contributed by atoms with van der Waals surface area (Å²) in [5.41, 5.74) is 2.35. The standard InChI is InChI=1S/C10H12O2/c11-9-3-1-7-2-4-10(12)6-8(7)5-9/h1,3,5,10-12H,2,4,6H2/t10-/m1/s1. The van der Waals surface area contributed by atoms with Crippen LogP contribution in [0.15, 0.2) is 18.2 Å². The first kappa shape index (κ1) is 7.62. The lowest BCUT2D eigenvalue weighted by Crippen LogP contribution is -2.18. The van der Waals surface area contributed by atoms with E-state index in [4.69, 9.17) is 0 Å². The average molecular weight is 164 g/mol. The van der Waals surface area contributed by atoms with E-state index in [0.29, 0.717) is 12.2 Å². The van der Waals surface area contributed by atoms with Gasteiger partial charge in [-0.25, -0.2) is 0 Å². The summed E-state index contributed by atoms with van der Waals surface area (Å²) in [6.45, 7) is 0. The summed E-state index contributed by atoms with van der Waals surface area (Å²) >= 11 is 0. The van der Waals surface area contributed by atoms with Crippen LogP contribution < -0.4 is 0 Å². The van der Waals surface area contributed by atoms with Crippen LogP contribution in [0.25, 0.3) is 0 Å². The molecule has 64 valence electrons. The number of phenols is 1. The van der Waals surface area contributed by atoms with Crippen LogP contribution in [0.1, 0.15) is 17.5 Å². The summed E-state index contributed by atoms with van der Waals surface area (Å²) in [4.78, 5) is 0. The van der Waals surface area contributed by atoms with Crippen molar-refractivity contribution >= 4 is 0 Å². The van der Waals surface area contributed by atoms with E-state index < -0.39 is 0 Å². The van der Waals surface area contributed by atoms with Crippen molar-refractivity contribution in [3.63, 3.8) is 0 Å². The fourth-order valence-electron chi connectivity index (χ4n) is 1.72. The fourth-order valence-corrected chi connectivity index (χ4v) is 1.72. The van der Waals surface area contributed by atoms with Gasteiger partial charge in [0.15, 0.2) is 0 Å². The number of aliphatic hydroxyl groups is 1. The first-order chi connectivity index (χ1) is 5.75. The van der Waals surface area contributed by atoms with Crippen LogP contribution >= 0.6 is 0 Å². The monoisotopic (exact) mass is 164 g/mol. The quantitative estimate of drug-likeness (QED) is 0.605. The summed E-state index contributed by atoms with van der Waals surface area (Å²) in [7, 11) is 0. The maximum absolute atomic E-state index is 9.37. The van der Waals surface area contributed by atoms with Crippen molar-refractivity contribution in [3.05, 3.63) is 29.3 Å². The molecule has 1 aliphatic rings. The molecule has 0 unspecified atom stereocenters. The molecule has 0 saturated carbocycles. The van der Waals surface area contributed by atoms with E-state index in [0.717, 1.165) is 18.4 Å². The molecule has 0 heterocycles. The lowest BCUT2D eigenvalue weighted by Gasteiger charge is -2.20. The number of hydrogen-bond donors (Lipinski definition) is 2. The van der Waals surface area contributed by atoms with Gasteiger partial charge in [0.1, 0.15) is 5.75 Å². The Kier molecular flexibility index (Phi) is 1.77. The second-order valence-electron chi connectivity index (χ2n) is 3.35. The third-order valence-corrected chi connectivity index (χ3v) is 2.39. The summed E-state index contributed by atoms with van der Waals surface area (Å²) < 4.78 is 0. The third-order valence-electron chi connectivity index (χ3n) is 2.39. The van der Waals surface area contributed by atoms with E-state index >= 15 is 0 Å². The van der Waals surface area contributed by atoms with Gasteiger partial charge in [0.05, 0.1) is 6.10 Å². The third kappa shape index (κ3) is 1.30. The van der Waals surface area contributed by atoms with Crippen LogP contribution in [0.3, 0.4) is 0 Å². The molecule has 12 heavy (non-hydrogen) atoms. The minimum Gasteiger partial charge on any atom is -0.508 e. The Bertz CT molecular complexity index is 294. The first-order valence-electron chi connectivity index (χ1n) is 4.24. The van der Waals surface area contributed by atoms with Gasteiger partial charge in [-0.3, -0.25) is 0 Å². The summed E-state index contributed by atoms with van der Waals surface area (Å²) in [6, 6.07) is 5.39. The first-order valence-corrected chi connectivity index (χ1v) is 4.24. The highest BCUT2D eigenvalue weighted by molar-refractivity contribution is 5.36. The van der Waals surface area contributed by atoms with E-state index in [1.165, 1.54) is 5.56 Å². The zero-order valence-electron chi connectivity index (χ0n) is 6.83. The lowest BCUT2D eigenvalue weighted by atomic mass is 9.90. The predicted molar refractivity (Wildman–Crippen MR) is 46.1 cm³/mol. The van der Waals surface area contributed by atoms with E-state index in [-0.39, 0.29) is 6.10 Å².